The van der Waals surface area contributed by atoms with Crippen LogP contribution in [0.25, 0.3) is 0 Å². The van der Waals surface area contributed by atoms with Gasteiger partial charge in [0.2, 0.25) is 5.91 Å². The largest absolute Gasteiger partial charge is 0.325 e. The molecule has 96 valence electrons. The minimum absolute atomic E-state index is 0.0634. The highest BCUT2D eigenvalue weighted by Crippen LogP contribution is 2.20. The van der Waals surface area contributed by atoms with E-state index in [-0.39, 0.29) is 5.91 Å². The van der Waals surface area contributed by atoms with Crippen LogP contribution in [-0.2, 0) is 4.79 Å². The van der Waals surface area contributed by atoms with E-state index < -0.39 is 0 Å². The van der Waals surface area contributed by atoms with Gasteiger partial charge in [0.15, 0.2) is 0 Å². The first kappa shape index (κ1) is 14.6. The second kappa shape index (κ2) is 7.78. The average molecular weight is 262 g/mol. The molecule has 1 rings (SSSR count). The lowest BCUT2D eigenvalue weighted by molar-refractivity contribution is -0.113. The van der Waals surface area contributed by atoms with Gasteiger partial charge in [0.1, 0.15) is 0 Å². The van der Waals surface area contributed by atoms with E-state index in [0.29, 0.717) is 17.4 Å². The van der Waals surface area contributed by atoms with Crippen LogP contribution in [0.5, 0.6) is 0 Å². The van der Waals surface area contributed by atoms with Crippen molar-refractivity contribution in [1.82, 2.24) is 0 Å². The van der Waals surface area contributed by atoms with Gasteiger partial charge in [-0.25, -0.2) is 0 Å². The number of rotatable bonds is 6. The molecule has 0 radical (unpaired) electrons. The average Bonchev–Trinajstić information content (AvgIpc) is 2.39. The number of thioether (sulfide) groups is 1. The molecule has 0 saturated carbocycles. The first-order chi connectivity index (χ1) is 8.67. The molecule has 0 aliphatic heterocycles. The van der Waals surface area contributed by atoms with Crippen molar-refractivity contribution in [1.29, 1.82) is 5.26 Å². The summed E-state index contributed by atoms with van der Waals surface area (Å²) in [7, 11) is 0. The van der Waals surface area contributed by atoms with Crippen molar-refractivity contribution in [2.45, 2.75) is 26.2 Å². The van der Waals surface area contributed by atoms with Crippen LogP contribution in [0.2, 0.25) is 0 Å². The molecule has 0 aromatic heterocycles. The van der Waals surface area contributed by atoms with Crippen molar-refractivity contribution in [2.75, 3.05) is 16.8 Å². The second-order valence-corrected chi connectivity index (χ2v) is 5.12. The molecule has 1 aromatic carbocycles. The Labute approximate surface area is 113 Å². The van der Waals surface area contributed by atoms with Crippen molar-refractivity contribution >= 4 is 23.4 Å². The summed E-state index contributed by atoms with van der Waals surface area (Å²) in [6.07, 6.45) is 1.11. The first-order valence-corrected chi connectivity index (χ1v) is 7.17. The van der Waals surface area contributed by atoms with E-state index in [9.17, 15) is 4.79 Å². The maximum atomic E-state index is 11.5. The molecule has 1 atom stereocenters. The van der Waals surface area contributed by atoms with Crippen LogP contribution in [-0.4, -0.2) is 17.4 Å². The monoisotopic (exact) mass is 262 g/mol. The molecule has 0 saturated heterocycles. The molecule has 3 nitrogen and oxygen atoms in total. The predicted molar refractivity (Wildman–Crippen MR) is 76.7 cm³/mol. The number of benzene rings is 1. The Morgan fingerprint density at radius 1 is 1.44 bits per heavy atom. The van der Waals surface area contributed by atoms with Crippen LogP contribution in [0.4, 0.5) is 5.69 Å². The number of nitrogens with one attached hydrogen (secondary N) is 1. The van der Waals surface area contributed by atoms with Gasteiger partial charge in [-0.05, 0) is 30.0 Å². The summed E-state index contributed by atoms with van der Waals surface area (Å²) in [5.74, 6) is 1.15. The lowest BCUT2D eigenvalue weighted by Gasteiger charge is -2.10. The maximum Gasteiger partial charge on any atom is 0.234 e. The van der Waals surface area contributed by atoms with E-state index in [2.05, 4.69) is 19.2 Å². The van der Waals surface area contributed by atoms with Crippen molar-refractivity contribution in [3.05, 3.63) is 29.8 Å². The minimum atomic E-state index is -0.0634. The SMILES string of the molecule is CCC(C)c1ccc(NC(=O)CSCC#N)cc1. The van der Waals surface area contributed by atoms with Gasteiger partial charge < -0.3 is 5.32 Å². The molecule has 1 unspecified atom stereocenters. The molecular formula is C14H18N2OS. The Kier molecular flexibility index (Phi) is 6.31. The molecule has 4 heteroatoms. The number of anilines is 1. The molecule has 0 fully saturated rings. The summed E-state index contributed by atoms with van der Waals surface area (Å²) in [6.45, 7) is 4.35. The van der Waals surface area contributed by atoms with Crippen LogP contribution in [0.3, 0.4) is 0 Å². The Bertz CT molecular complexity index is 422. The van der Waals surface area contributed by atoms with Crippen LogP contribution in [0.1, 0.15) is 31.7 Å². The smallest absolute Gasteiger partial charge is 0.234 e. The zero-order valence-corrected chi connectivity index (χ0v) is 11.6. The topological polar surface area (TPSA) is 52.9 Å². The van der Waals surface area contributed by atoms with Crippen molar-refractivity contribution in [2.24, 2.45) is 0 Å². The molecule has 1 N–H and O–H groups in total. The molecule has 1 amide bonds. The summed E-state index contributed by atoms with van der Waals surface area (Å²) in [5.41, 5.74) is 2.10. The number of hydrogen-bond donors (Lipinski definition) is 1. The molecule has 0 spiro atoms. The van der Waals surface area contributed by atoms with Crippen LogP contribution < -0.4 is 5.32 Å². The van der Waals surface area contributed by atoms with E-state index in [4.69, 9.17) is 5.26 Å². The quantitative estimate of drug-likeness (QED) is 0.799. The molecule has 1 aromatic rings. The van der Waals surface area contributed by atoms with Gasteiger partial charge in [-0.2, -0.15) is 5.26 Å². The Morgan fingerprint density at radius 2 is 2.11 bits per heavy atom. The Balaban J connectivity index is 2.48. The summed E-state index contributed by atoms with van der Waals surface area (Å²) in [5, 5.41) is 11.2. The Hall–Kier alpha value is -1.47. The summed E-state index contributed by atoms with van der Waals surface area (Å²) < 4.78 is 0. The number of carbonyl (C=O) groups is 1. The van der Waals surface area contributed by atoms with E-state index >= 15 is 0 Å². The van der Waals surface area contributed by atoms with Gasteiger partial charge in [-0.1, -0.05) is 26.0 Å². The first-order valence-electron chi connectivity index (χ1n) is 6.01. The predicted octanol–water partition coefficient (Wildman–Crippen LogP) is 3.40. The van der Waals surface area contributed by atoms with Gasteiger partial charge in [-0.3, -0.25) is 4.79 Å². The number of carbonyl (C=O) groups excluding carboxylic acids is 1. The van der Waals surface area contributed by atoms with Crippen LogP contribution in [0, 0.1) is 11.3 Å². The lowest BCUT2D eigenvalue weighted by atomic mass is 9.99. The van der Waals surface area contributed by atoms with E-state index in [1.165, 1.54) is 17.3 Å². The highest BCUT2D eigenvalue weighted by Gasteiger charge is 2.04. The summed E-state index contributed by atoms with van der Waals surface area (Å²) in [4.78, 5) is 11.5. The zero-order chi connectivity index (χ0) is 13.4. The molecule has 0 aliphatic rings. The summed E-state index contributed by atoms with van der Waals surface area (Å²) >= 11 is 1.32. The fraction of sp³-hybridized carbons (Fsp3) is 0.429. The molecular weight excluding hydrogens is 244 g/mol. The van der Waals surface area contributed by atoms with Crippen molar-refractivity contribution in [3.8, 4) is 6.07 Å². The van der Waals surface area contributed by atoms with Gasteiger partial charge in [0.25, 0.3) is 0 Å². The fourth-order valence-electron chi connectivity index (χ4n) is 1.52. The van der Waals surface area contributed by atoms with Gasteiger partial charge >= 0.3 is 0 Å². The van der Waals surface area contributed by atoms with Gasteiger partial charge in [-0.15, -0.1) is 11.8 Å². The maximum absolute atomic E-state index is 11.5. The number of amides is 1. The normalized spacial score (nSPS) is 11.6. The third-order valence-corrected chi connectivity index (χ3v) is 3.58. The van der Waals surface area contributed by atoms with Crippen LogP contribution in [0.15, 0.2) is 24.3 Å². The minimum Gasteiger partial charge on any atom is -0.325 e. The third kappa shape index (κ3) is 4.80. The molecule has 0 bridgehead atoms. The Morgan fingerprint density at radius 3 is 2.67 bits per heavy atom. The van der Waals surface area contributed by atoms with Crippen molar-refractivity contribution in [3.63, 3.8) is 0 Å². The number of nitrogens with zero attached hydrogens (tertiary/aromatic N) is 1. The highest BCUT2D eigenvalue weighted by molar-refractivity contribution is 8.00. The third-order valence-electron chi connectivity index (χ3n) is 2.78. The standard InChI is InChI=1S/C14H18N2OS/c1-3-11(2)12-4-6-13(7-5-12)16-14(17)10-18-9-8-15/h4-7,11H,3,9-10H2,1-2H3,(H,16,17). The van der Waals surface area contributed by atoms with E-state index in [1.807, 2.05) is 30.3 Å². The molecule has 0 heterocycles. The van der Waals surface area contributed by atoms with E-state index in [1.54, 1.807) is 0 Å². The molecule has 18 heavy (non-hydrogen) atoms. The summed E-state index contributed by atoms with van der Waals surface area (Å²) in [6, 6.07) is 9.94. The fourth-order valence-corrected chi connectivity index (χ4v) is 1.97. The number of nitriles is 1. The van der Waals surface area contributed by atoms with Crippen molar-refractivity contribution < 1.29 is 4.79 Å². The highest BCUT2D eigenvalue weighted by atomic mass is 32.2. The number of hydrogen-bond acceptors (Lipinski definition) is 3. The second-order valence-electron chi connectivity index (χ2n) is 4.13. The van der Waals surface area contributed by atoms with Crippen LogP contribution >= 0.6 is 11.8 Å². The molecule has 0 aliphatic carbocycles. The van der Waals surface area contributed by atoms with E-state index in [0.717, 1.165) is 12.1 Å². The van der Waals surface area contributed by atoms with Gasteiger partial charge in [0.05, 0.1) is 17.6 Å². The zero-order valence-electron chi connectivity index (χ0n) is 10.8. The lowest BCUT2D eigenvalue weighted by Crippen LogP contribution is -2.14. The van der Waals surface area contributed by atoms with Gasteiger partial charge in [0, 0.05) is 5.69 Å².